The Morgan fingerprint density at radius 1 is 1.31 bits per heavy atom. The molecule has 0 saturated carbocycles. The van der Waals surface area contributed by atoms with Crippen molar-refractivity contribution in [3.05, 3.63) is 26.8 Å². The van der Waals surface area contributed by atoms with E-state index in [9.17, 15) is 4.79 Å². The molecule has 0 fully saturated rings. The summed E-state index contributed by atoms with van der Waals surface area (Å²) in [6, 6.07) is 0. The van der Waals surface area contributed by atoms with Gasteiger partial charge in [0.15, 0.2) is 0 Å². The number of hydrogen-bond donors (Lipinski definition) is 1. The minimum atomic E-state index is -0.0117. The van der Waals surface area contributed by atoms with Gasteiger partial charge in [0.05, 0.1) is 4.88 Å². The van der Waals surface area contributed by atoms with Crippen LogP contribution in [0, 0.1) is 6.92 Å². The third-order valence-electron chi connectivity index (χ3n) is 1.05. The molecular weight excluding hydrogens is 182 g/mol. The van der Waals surface area contributed by atoms with Crippen molar-refractivity contribution in [2.45, 2.75) is 34.6 Å². The number of aryl methyl sites for hydroxylation is 1. The number of rotatable bonds is 1. The summed E-state index contributed by atoms with van der Waals surface area (Å²) in [6.07, 6.45) is 1.68. The van der Waals surface area contributed by atoms with Crippen LogP contribution in [0.3, 0.4) is 0 Å². The largest absolute Gasteiger partial charge is 0.316 e. The Morgan fingerprint density at radius 2 is 1.77 bits per heavy atom. The molecule has 0 atom stereocenters. The van der Waals surface area contributed by atoms with Gasteiger partial charge in [0.2, 0.25) is 0 Å². The Kier molecular flexibility index (Phi) is 10.5. The molecule has 0 aliphatic heterocycles. The summed E-state index contributed by atoms with van der Waals surface area (Å²) >= 11 is 1.19. The highest BCUT2D eigenvalue weighted by Crippen LogP contribution is 2.07. The third kappa shape index (κ3) is 5.42. The topological polar surface area (TPSA) is 32.9 Å². The molecule has 1 aromatic rings. The molecule has 0 amide bonds. The lowest BCUT2D eigenvalue weighted by molar-refractivity contribution is 1.22. The van der Waals surface area contributed by atoms with Crippen molar-refractivity contribution in [2.24, 2.45) is 0 Å². The molecule has 0 spiro atoms. The van der Waals surface area contributed by atoms with Gasteiger partial charge >= 0.3 is 4.87 Å². The summed E-state index contributed by atoms with van der Waals surface area (Å²) in [5, 5.41) is 0. The summed E-state index contributed by atoms with van der Waals surface area (Å²) in [5.74, 6) is 0. The van der Waals surface area contributed by atoms with Crippen molar-refractivity contribution in [3.8, 4) is 0 Å². The molecule has 1 aromatic heterocycles. The van der Waals surface area contributed by atoms with Crippen LogP contribution >= 0.6 is 11.3 Å². The fourth-order valence-electron chi connectivity index (χ4n) is 0.611. The lowest BCUT2D eigenvalue weighted by Crippen LogP contribution is -1.90. The average Bonchev–Trinajstić information content (AvgIpc) is 2.51. The first-order valence-corrected chi connectivity index (χ1v) is 5.38. The highest BCUT2D eigenvalue weighted by Gasteiger charge is 1.96. The van der Waals surface area contributed by atoms with E-state index < -0.39 is 0 Å². The molecule has 2 nitrogen and oxygen atoms in total. The first-order valence-electron chi connectivity index (χ1n) is 4.56. The van der Waals surface area contributed by atoms with Crippen LogP contribution in [-0.4, -0.2) is 4.98 Å². The Balaban J connectivity index is 0. The maximum Gasteiger partial charge on any atom is 0.305 e. The van der Waals surface area contributed by atoms with Crippen molar-refractivity contribution >= 4 is 17.4 Å². The van der Waals surface area contributed by atoms with Crippen LogP contribution in [0.1, 0.15) is 38.3 Å². The van der Waals surface area contributed by atoms with Gasteiger partial charge in [0.25, 0.3) is 0 Å². The number of aromatic nitrogens is 1. The van der Waals surface area contributed by atoms with E-state index in [1.165, 1.54) is 11.3 Å². The highest BCUT2D eigenvalue weighted by atomic mass is 32.1. The molecule has 1 rings (SSSR count). The van der Waals surface area contributed by atoms with Gasteiger partial charge in [-0.2, -0.15) is 0 Å². The lowest BCUT2D eigenvalue weighted by atomic mass is 10.4. The highest BCUT2D eigenvalue weighted by molar-refractivity contribution is 7.10. The fourth-order valence-corrected chi connectivity index (χ4v) is 1.30. The lowest BCUT2D eigenvalue weighted by Gasteiger charge is -1.81. The van der Waals surface area contributed by atoms with E-state index in [2.05, 4.69) is 11.6 Å². The summed E-state index contributed by atoms with van der Waals surface area (Å²) in [7, 11) is 0. The van der Waals surface area contributed by atoms with Crippen LogP contribution < -0.4 is 4.87 Å². The number of aromatic amines is 1. The molecule has 0 aromatic carbocycles. The van der Waals surface area contributed by atoms with E-state index in [0.29, 0.717) is 0 Å². The van der Waals surface area contributed by atoms with Crippen LogP contribution in [0.5, 0.6) is 0 Å². The van der Waals surface area contributed by atoms with Crippen molar-refractivity contribution in [2.75, 3.05) is 0 Å². The Morgan fingerprint density at radius 3 is 1.92 bits per heavy atom. The maximum atomic E-state index is 10.6. The van der Waals surface area contributed by atoms with Crippen molar-refractivity contribution in [1.82, 2.24) is 4.98 Å². The van der Waals surface area contributed by atoms with Gasteiger partial charge in [-0.1, -0.05) is 51.7 Å². The molecule has 0 unspecified atom stereocenters. The van der Waals surface area contributed by atoms with E-state index >= 15 is 0 Å². The monoisotopic (exact) mass is 201 g/mol. The van der Waals surface area contributed by atoms with Crippen molar-refractivity contribution < 1.29 is 0 Å². The molecule has 0 radical (unpaired) electrons. The van der Waals surface area contributed by atoms with Crippen molar-refractivity contribution in [1.29, 1.82) is 0 Å². The number of nitrogens with one attached hydrogen (secondary N) is 1. The molecule has 0 aliphatic carbocycles. The van der Waals surface area contributed by atoms with Crippen LogP contribution in [0.2, 0.25) is 0 Å². The Labute approximate surface area is 84.3 Å². The molecule has 1 heterocycles. The van der Waals surface area contributed by atoms with E-state index in [0.717, 1.165) is 10.6 Å². The second-order valence-corrected chi connectivity index (χ2v) is 2.72. The van der Waals surface area contributed by atoms with E-state index in [1.807, 2.05) is 34.6 Å². The maximum absolute atomic E-state index is 10.6. The Hall–Kier alpha value is -0.830. The fraction of sp³-hybridized carbons (Fsp3) is 0.500. The van der Waals surface area contributed by atoms with Gasteiger partial charge < -0.3 is 4.98 Å². The molecule has 1 N–H and O–H groups in total. The minimum absolute atomic E-state index is 0.0117. The standard InChI is InChI=1S/C6H7NOS.2C2H6/c1-3-5-4(2)7-6(8)9-5;2*1-2/h3H,1H2,2H3,(H,7,8);2*1-2H3. The predicted octanol–water partition coefficient (Wildman–Crippen LogP) is 3.44. The summed E-state index contributed by atoms with van der Waals surface area (Å²) in [5.41, 5.74) is 0.903. The smallest absolute Gasteiger partial charge is 0.305 e. The van der Waals surface area contributed by atoms with Gasteiger partial charge in [0.1, 0.15) is 0 Å². The molecule has 0 saturated heterocycles. The summed E-state index contributed by atoms with van der Waals surface area (Å²) < 4.78 is 0. The molecule has 13 heavy (non-hydrogen) atoms. The molecule has 0 aliphatic rings. The van der Waals surface area contributed by atoms with Crippen molar-refractivity contribution in [3.63, 3.8) is 0 Å². The van der Waals surface area contributed by atoms with Crippen LogP contribution in [-0.2, 0) is 0 Å². The zero-order valence-corrected chi connectivity index (χ0v) is 9.92. The second kappa shape index (κ2) is 9.26. The molecular formula is C10H19NOS. The molecule has 3 heteroatoms. The number of thiazole rings is 1. The third-order valence-corrected chi connectivity index (χ3v) is 2.03. The number of H-pyrrole nitrogens is 1. The SMILES string of the molecule is C=Cc1sc(=O)[nH]c1C.CC.CC. The van der Waals surface area contributed by atoms with E-state index in [1.54, 1.807) is 6.08 Å². The van der Waals surface area contributed by atoms with Crippen LogP contribution in [0.25, 0.3) is 6.08 Å². The minimum Gasteiger partial charge on any atom is -0.316 e. The Bertz CT molecular complexity index is 273. The molecule has 76 valence electrons. The summed E-state index contributed by atoms with van der Waals surface area (Å²) in [6.45, 7) is 13.4. The first kappa shape index (κ1) is 14.7. The normalized spacial score (nSPS) is 7.46. The zero-order valence-electron chi connectivity index (χ0n) is 9.10. The molecule has 0 bridgehead atoms. The van der Waals surface area contributed by atoms with Gasteiger partial charge in [-0.05, 0) is 6.92 Å². The van der Waals surface area contributed by atoms with E-state index in [4.69, 9.17) is 0 Å². The van der Waals surface area contributed by atoms with Crippen LogP contribution in [0.4, 0.5) is 0 Å². The number of hydrogen-bond acceptors (Lipinski definition) is 2. The predicted molar refractivity (Wildman–Crippen MR) is 62.5 cm³/mol. The van der Waals surface area contributed by atoms with E-state index in [-0.39, 0.29) is 4.87 Å². The quantitative estimate of drug-likeness (QED) is 0.741. The van der Waals surface area contributed by atoms with Gasteiger partial charge in [-0.25, -0.2) is 0 Å². The second-order valence-electron chi connectivity index (χ2n) is 1.71. The average molecular weight is 201 g/mol. The van der Waals surface area contributed by atoms with Gasteiger partial charge in [-0.15, -0.1) is 0 Å². The zero-order chi connectivity index (χ0) is 10.9. The first-order chi connectivity index (χ1) is 6.24. The van der Waals surface area contributed by atoms with Gasteiger partial charge in [-0.3, -0.25) is 4.79 Å². The van der Waals surface area contributed by atoms with Gasteiger partial charge in [0, 0.05) is 5.69 Å². The van der Waals surface area contributed by atoms with Crippen LogP contribution in [0.15, 0.2) is 11.4 Å². The summed E-state index contributed by atoms with van der Waals surface area (Å²) in [4.78, 5) is 14.2.